The van der Waals surface area contributed by atoms with Crippen LogP contribution >= 0.6 is 11.6 Å². The van der Waals surface area contributed by atoms with Crippen LogP contribution in [0.4, 0.5) is 11.4 Å². The van der Waals surface area contributed by atoms with Gasteiger partial charge in [-0.05, 0) is 36.4 Å². The lowest BCUT2D eigenvalue weighted by Crippen LogP contribution is -2.40. The fraction of sp³-hybridized carbons (Fsp3) is 0.158. The Bertz CT molecular complexity index is 882. The van der Waals surface area contributed by atoms with Crippen molar-refractivity contribution >= 4 is 46.4 Å². The molecule has 0 unspecified atom stereocenters. The number of benzene rings is 2. The summed E-state index contributed by atoms with van der Waals surface area (Å²) in [6, 6.07) is 15.5. The Balaban J connectivity index is 1.64. The number of para-hydroxylation sites is 1. The Morgan fingerprint density at radius 1 is 0.963 bits per heavy atom. The van der Waals surface area contributed by atoms with Crippen molar-refractivity contribution in [3.8, 4) is 0 Å². The van der Waals surface area contributed by atoms with E-state index in [-0.39, 0.29) is 31.0 Å². The second-order valence-corrected chi connectivity index (χ2v) is 6.31. The highest BCUT2D eigenvalue weighted by molar-refractivity contribution is 6.43. The second-order valence-electron chi connectivity index (χ2n) is 5.87. The molecule has 0 aliphatic carbocycles. The molecule has 0 saturated carbocycles. The highest BCUT2D eigenvalue weighted by Gasteiger charge is 2.26. The number of hydrogen-bond acceptors (Lipinski definition) is 4. The molecule has 2 N–H and O–H groups in total. The third-order valence-corrected chi connectivity index (χ3v) is 4.07. The molecule has 3 rings (SSSR count). The summed E-state index contributed by atoms with van der Waals surface area (Å²) in [6.07, 6.45) is 0.349. The van der Waals surface area contributed by atoms with Crippen LogP contribution in [0.5, 0.6) is 0 Å². The number of anilines is 2. The number of nitrogens with zero attached hydrogens (tertiary/aromatic N) is 2. The van der Waals surface area contributed by atoms with E-state index in [2.05, 4.69) is 15.7 Å². The number of amides is 3. The number of halogens is 1. The van der Waals surface area contributed by atoms with Crippen LogP contribution in [-0.2, 0) is 14.4 Å². The van der Waals surface area contributed by atoms with Crippen LogP contribution in [0.3, 0.4) is 0 Å². The van der Waals surface area contributed by atoms with Gasteiger partial charge in [-0.25, -0.2) is 5.01 Å². The van der Waals surface area contributed by atoms with E-state index in [0.29, 0.717) is 16.4 Å². The average molecular weight is 385 g/mol. The van der Waals surface area contributed by atoms with Crippen LogP contribution in [0.1, 0.15) is 12.8 Å². The van der Waals surface area contributed by atoms with Crippen molar-refractivity contribution in [1.82, 2.24) is 5.01 Å². The van der Waals surface area contributed by atoms with Gasteiger partial charge in [0.25, 0.3) is 5.91 Å². The van der Waals surface area contributed by atoms with Gasteiger partial charge in [0.05, 0.1) is 0 Å². The van der Waals surface area contributed by atoms with Crippen molar-refractivity contribution in [3.05, 3.63) is 59.6 Å². The molecule has 0 saturated heterocycles. The molecular weight excluding hydrogens is 368 g/mol. The summed E-state index contributed by atoms with van der Waals surface area (Å²) in [7, 11) is 0. The van der Waals surface area contributed by atoms with Crippen molar-refractivity contribution in [1.29, 1.82) is 0 Å². The van der Waals surface area contributed by atoms with Crippen LogP contribution < -0.4 is 10.6 Å². The van der Waals surface area contributed by atoms with Gasteiger partial charge in [0.1, 0.15) is 12.3 Å². The first-order valence-corrected chi connectivity index (χ1v) is 8.69. The lowest BCUT2D eigenvalue weighted by atomic mass is 10.1. The third kappa shape index (κ3) is 5.15. The summed E-state index contributed by atoms with van der Waals surface area (Å²) in [5.74, 6) is -1.12. The van der Waals surface area contributed by atoms with Gasteiger partial charge >= 0.3 is 0 Å². The molecule has 2 aromatic carbocycles. The van der Waals surface area contributed by atoms with Gasteiger partial charge in [-0.2, -0.15) is 5.10 Å². The predicted octanol–water partition coefficient (Wildman–Crippen LogP) is 2.90. The van der Waals surface area contributed by atoms with Gasteiger partial charge in [0.2, 0.25) is 11.8 Å². The second kappa shape index (κ2) is 8.46. The van der Waals surface area contributed by atoms with Gasteiger partial charge in [0.15, 0.2) is 0 Å². The highest BCUT2D eigenvalue weighted by Crippen LogP contribution is 2.15. The number of carbonyl (C=O) groups excluding carboxylic acids is 3. The molecular formula is C19H17ClN4O3. The number of carbonyl (C=O) groups is 3. The normalized spacial score (nSPS) is 13.7. The molecule has 138 valence electrons. The molecule has 8 heteroatoms. The van der Waals surface area contributed by atoms with Crippen molar-refractivity contribution < 1.29 is 14.4 Å². The topological polar surface area (TPSA) is 90.9 Å². The summed E-state index contributed by atoms with van der Waals surface area (Å²) in [4.78, 5) is 36.5. The predicted molar refractivity (Wildman–Crippen MR) is 104 cm³/mol. The Labute approximate surface area is 161 Å². The first-order valence-electron chi connectivity index (χ1n) is 8.31. The maximum absolute atomic E-state index is 12.3. The first-order chi connectivity index (χ1) is 13.0. The van der Waals surface area contributed by atoms with Crippen LogP contribution in [0.15, 0.2) is 59.7 Å². The van der Waals surface area contributed by atoms with Gasteiger partial charge in [-0.3, -0.25) is 14.4 Å². The standard InChI is InChI=1S/C19H17ClN4O3/c20-13-6-8-15(9-7-13)21-17(25)12-24-18(26)11-10-16(23-24)19(27)22-14-4-2-1-3-5-14/h1-9H,10-12H2,(H,21,25)(H,22,27). The largest absolute Gasteiger partial charge is 0.324 e. The van der Waals surface area contributed by atoms with Crippen LogP contribution in [0.25, 0.3) is 0 Å². The zero-order valence-corrected chi connectivity index (χ0v) is 15.1. The Morgan fingerprint density at radius 2 is 1.63 bits per heavy atom. The Morgan fingerprint density at radius 3 is 2.33 bits per heavy atom. The zero-order chi connectivity index (χ0) is 19.2. The fourth-order valence-corrected chi connectivity index (χ4v) is 2.61. The molecule has 0 atom stereocenters. The molecule has 0 aromatic heterocycles. The molecule has 1 aliphatic rings. The van der Waals surface area contributed by atoms with E-state index in [1.807, 2.05) is 6.07 Å². The monoisotopic (exact) mass is 384 g/mol. The smallest absolute Gasteiger partial charge is 0.271 e. The summed E-state index contributed by atoms with van der Waals surface area (Å²) in [5.41, 5.74) is 1.40. The van der Waals surface area contributed by atoms with Crippen LogP contribution in [-0.4, -0.2) is 35.0 Å². The maximum Gasteiger partial charge on any atom is 0.271 e. The molecule has 3 amide bonds. The molecule has 0 spiro atoms. The van der Waals surface area contributed by atoms with E-state index in [1.165, 1.54) is 0 Å². The first kappa shape index (κ1) is 18.6. The van der Waals surface area contributed by atoms with Crippen LogP contribution in [0, 0.1) is 0 Å². The quantitative estimate of drug-likeness (QED) is 0.830. The fourth-order valence-electron chi connectivity index (χ4n) is 2.48. The molecule has 2 aromatic rings. The van der Waals surface area contributed by atoms with E-state index in [4.69, 9.17) is 11.6 Å². The lowest BCUT2D eigenvalue weighted by Gasteiger charge is -2.22. The summed E-state index contributed by atoms with van der Waals surface area (Å²) in [5, 5.41) is 11.0. The Hall–Kier alpha value is -3.19. The van der Waals surface area contributed by atoms with Crippen LogP contribution in [0.2, 0.25) is 5.02 Å². The molecule has 0 bridgehead atoms. The number of hydrogen-bond donors (Lipinski definition) is 2. The summed E-state index contributed by atoms with van der Waals surface area (Å²) in [6.45, 7) is -0.274. The summed E-state index contributed by atoms with van der Waals surface area (Å²) < 4.78 is 0. The number of rotatable bonds is 5. The zero-order valence-electron chi connectivity index (χ0n) is 14.3. The van der Waals surface area contributed by atoms with E-state index in [9.17, 15) is 14.4 Å². The molecule has 27 heavy (non-hydrogen) atoms. The van der Waals surface area contributed by atoms with E-state index in [1.54, 1.807) is 48.5 Å². The molecule has 7 nitrogen and oxygen atoms in total. The van der Waals surface area contributed by atoms with E-state index >= 15 is 0 Å². The van der Waals surface area contributed by atoms with E-state index < -0.39 is 11.8 Å². The van der Waals surface area contributed by atoms with E-state index in [0.717, 1.165) is 5.01 Å². The maximum atomic E-state index is 12.3. The minimum atomic E-state index is -0.417. The molecule has 0 fully saturated rings. The summed E-state index contributed by atoms with van der Waals surface area (Å²) >= 11 is 5.81. The van der Waals surface area contributed by atoms with Crippen molar-refractivity contribution in [2.75, 3.05) is 17.2 Å². The van der Waals surface area contributed by atoms with Crippen molar-refractivity contribution in [3.63, 3.8) is 0 Å². The Kier molecular flexibility index (Phi) is 5.83. The minimum absolute atomic E-state index is 0.120. The average Bonchev–Trinajstić information content (AvgIpc) is 2.66. The number of hydrazone groups is 1. The van der Waals surface area contributed by atoms with Gasteiger partial charge in [-0.15, -0.1) is 0 Å². The lowest BCUT2D eigenvalue weighted by molar-refractivity contribution is -0.135. The molecule has 1 aliphatic heterocycles. The van der Waals surface area contributed by atoms with Gasteiger partial charge in [-0.1, -0.05) is 29.8 Å². The minimum Gasteiger partial charge on any atom is -0.324 e. The molecule has 0 radical (unpaired) electrons. The number of nitrogens with one attached hydrogen (secondary N) is 2. The van der Waals surface area contributed by atoms with Crippen molar-refractivity contribution in [2.24, 2.45) is 5.10 Å². The third-order valence-electron chi connectivity index (χ3n) is 3.82. The molecule has 1 heterocycles. The highest BCUT2D eigenvalue weighted by atomic mass is 35.5. The van der Waals surface area contributed by atoms with Gasteiger partial charge in [0, 0.05) is 29.2 Å². The van der Waals surface area contributed by atoms with Crippen molar-refractivity contribution in [2.45, 2.75) is 12.8 Å². The van der Waals surface area contributed by atoms with Gasteiger partial charge < -0.3 is 10.6 Å². The SMILES string of the molecule is O=C(CN1N=C(C(=O)Nc2ccccc2)CCC1=O)Nc1ccc(Cl)cc1.